The van der Waals surface area contributed by atoms with Crippen molar-refractivity contribution in [2.75, 3.05) is 26.2 Å². The molecule has 1 aromatic heterocycles. The van der Waals surface area contributed by atoms with E-state index in [4.69, 9.17) is 0 Å². The second-order valence-corrected chi connectivity index (χ2v) is 5.09. The molecular formula is C10H13F2N3O2S. The van der Waals surface area contributed by atoms with Crippen molar-refractivity contribution in [2.45, 2.75) is 12.5 Å². The largest absolute Gasteiger partial charge is 0.324 e. The first-order valence-electron chi connectivity index (χ1n) is 5.56. The molecule has 1 N–H and O–H groups in total. The average molecular weight is 277 g/mol. The zero-order valence-electron chi connectivity index (χ0n) is 9.51. The van der Waals surface area contributed by atoms with Crippen molar-refractivity contribution in [2.24, 2.45) is 0 Å². The fourth-order valence-electron chi connectivity index (χ4n) is 2.02. The summed E-state index contributed by atoms with van der Waals surface area (Å²) >= 11 is 0.830. The predicted octanol–water partition coefficient (Wildman–Crippen LogP) is 1.87. The lowest BCUT2D eigenvalue weighted by Gasteiger charge is -2.33. The van der Waals surface area contributed by atoms with Crippen molar-refractivity contribution in [3.8, 4) is 0 Å². The highest BCUT2D eigenvalue weighted by Gasteiger charge is 2.32. The molecule has 0 bridgehead atoms. The first-order chi connectivity index (χ1) is 8.59. The maximum absolute atomic E-state index is 13.2. The summed E-state index contributed by atoms with van der Waals surface area (Å²) in [5, 5.41) is 13.6. The summed E-state index contributed by atoms with van der Waals surface area (Å²) in [6, 6.07) is 1.69. The van der Waals surface area contributed by atoms with Crippen LogP contribution in [0.2, 0.25) is 0 Å². The molecule has 8 heteroatoms. The van der Waals surface area contributed by atoms with Crippen LogP contribution in [0, 0.1) is 10.1 Å². The molecule has 1 aliphatic heterocycles. The highest BCUT2D eigenvalue weighted by atomic mass is 32.1. The van der Waals surface area contributed by atoms with Crippen molar-refractivity contribution in [1.82, 2.24) is 10.2 Å². The molecule has 100 valence electrons. The molecule has 1 atom stereocenters. The summed E-state index contributed by atoms with van der Waals surface area (Å²) in [6.07, 6.45) is -2.54. The first-order valence-corrected chi connectivity index (χ1v) is 6.38. The van der Waals surface area contributed by atoms with Gasteiger partial charge in [-0.1, -0.05) is 11.3 Å². The van der Waals surface area contributed by atoms with E-state index in [0.29, 0.717) is 31.1 Å². The molecule has 1 fully saturated rings. The molecule has 0 amide bonds. The lowest BCUT2D eigenvalue weighted by Crippen LogP contribution is -2.46. The Bertz CT molecular complexity index is 421. The van der Waals surface area contributed by atoms with Crippen LogP contribution in [-0.2, 0) is 0 Å². The van der Waals surface area contributed by atoms with Gasteiger partial charge in [0.05, 0.1) is 4.92 Å². The van der Waals surface area contributed by atoms with Crippen LogP contribution in [0.4, 0.5) is 13.8 Å². The monoisotopic (exact) mass is 277 g/mol. The normalized spacial score (nSPS) is 19.1. The standard InChI is InChI=1S/C10H13F2N3O2S/c11-10(12)9(14-5-3-13-4-6-14)7-1-2-8(18-7)15(16)17/h1-2,9-10,13H,3-6H2/t9-/m1/s1. The molecule has 5 nitrogen and oxygen atoms in total. The lowest BCUT2D eigenvalue weighted by atomic mass is 10.2. The molecule has 2 heterocycles. The number of thiophene rings is 1. The molecule has 0 aromatic carbocycles. The number of hydrogen-bond donors (Lipinski definition) is 1. The summed E-state index contributed by atoms with van der Waals surface area (Å²) in [5.41, 5.74) is 0. The number of piperazine rings is 1. The van der Waals surface area contributed by atoms with Gasteiger partial charge in [0, 0.05) is 37.1 Å². The second kappa shape index (κ2) is 5.68. The molecule has 0 saturated carbocycles. The zero-order valence-corrected chi connectivity index (χ0v) is 10.3. The van der Waals surface area contributed by atoms with Crippen molar-refractivity contribution < 1.29 is 13.7 Å². The van der Waals surface area contributed by atoms with E-state index in [1.54, 1.807) is 4.90 Å². The summed E-state index contributed by atoms with van der Waals surface area (Å²) < 4.78 is 26.3. The van der Waals surface area contributed by atoms with Gasteiger partial charge in [0.1, 0.15) is 6.04 Å². The quantitative estimate of drug-likeness (QED) is 0.674. The molecule has 0 unspecified atom stereocenters. The van der Waals surface area contributed by atoms with Crippen LogP contribution >= 0.6 is 11.3 Å². The van der Waals surface area contributed by atoms with Crippen LogP contribution in [0.25, 0.3) is 0 Å². The Kier molecular flexibility index (Phi) is 4.20. The minimum Gasteiger partial charge on any atom is -0.314 e. The Morgan fingerprint density at radius 1 is 1.39 bits per heavy atom. The van der Waals surface area contributed by atoms with Crippen LogP contribution in [0.1, 0.15) is 10.9 Å². The molecule has 1 aliphatic rings. The van der Waals surface area contributed by atoms with Gasteiger partial charge in [-0.3, -0.25) is 15.0 Å². The molecule has 18 heavy (non-hydrogen) atoms. The van der Waals surface area contributed by atoms with Crippen molar-refractivity contribution in [1.29, 1.82) is 0 Å². The van der Waals surface area contributed by atoms with Crippen LogP contribution in [-0.4, -0.2) is 42.4 Å². The summed E-state index contributed by atoms with van der Waals surface area (Å²) in [4.78, 5) is 12.1. The number of nitrogens with one attached hydrogen (secondary N) is 1. The Morgan fingerprint density at radius 2 is 2.06 bits per heavy atom. The van der Waals surface area contributed by atoms with E-state index in [0.717, 1.165) is 11.3 Å². The van der Waals surface area contributed by atoms with E-state index in [2.05, 4.69) is 5.32 Å². The Hall–Kier alpha value is -1.12. The Morgan fingerprint density at radius 3 is 2.56 bits per heavy atom. The smallest absolute Gasteiger partial charge is 0.314 e. The first kappa shape index (κ1) is 13.3. The minimum absolute atomic E-state index is 0.0919. The average Bonchev–Trinajstić information content (AvgIpc) is 2.79. The van der Waals surface area contributed by atoms with E-state index in [-0.39, 0.29) is 5.00 Å². The number of alkyl halides is 2. The molecular weight excluding hydrogens is 264 g/mol. The molecule has 2 rings (SSSR count). The zero-order chi connectivity index (χ0) is 13.1. The number of nitrogens with zero attached hydrogens (tertiary/aromatic N) is 2. The summed E-state index contributed by atoms with van der Waals surface area (Å²) in [6.45, 7) is 2.38. The topological polar surface area (TPSA) is 58.4 Å². The van der Waals surface area contributed by atoms with Crippen molar-refractivity contribution in [3.63, 3.8) is 0 Å². The maximum Gasteiger partial charge on any atom is 0.324 e. The van der Waals surface area contributed by atoms with E-state index in [9.17, 15) is 18.9 Å². The lowest BCUT2D eigenvalue weighted by molar-refractivity contribution is -0.380. The highest BCUT2D eigenvalue weighted by molar-refractivity contribution is 7.15. The summed E-state index contributed by atoms with van der Waals surface area (Å²) in [7, 11) is 0. The Labute approximate surface area is 107 Å². The van der Waals surface area contributed by atoms with Gasteiger partial charge >= 0.3 is 5.00 Å². The number of hydrogen-bond acceptors (Lipinski definition) is 5. The molecule has 0 aliphatic carbocycles. The van der Waals surface area contributed by atoms with E-state index >= 15 is 0 Å². The SMILES string of the molecule is O=[N+]([O-])c1ccc([C@H](C(F)F)N2CCNCC2)s1. The van der Waals surface area contributed by atoms with Crippen LogP contribution in [0.3, 0.4) is 0 Å². The molecule has 0 spiro atoms. The number of halogens is 2. The van der Waals surface area contributed by atoms with Gasteiger partial charge in [0.2, 0.25) is 0 Å². The van der Waals surface area contributed by atoms with Crippen LogP contribution < -0.4 is 5.32 Å². The molecule has 1 aromatic rings. The van der Waals surface area contributed by atoms with Gasteiger partial charge in [-0.2, -0.15) is 0 Å². The number of nitro groups is 1. The number of rotatable bonds is 4. The van der Waals surface area contributed by atoms with Gasteiger partial charge in [-0.15, -0.1) is 0 Å². The third kappa shape index (κ3) is 2.82. The van der Waals surface area contributed by atoms with Crippen LogP contribution in [0.15, 0.2) is 12.1 Å². The van der Waals surface area contributed by atoms with E-state index in [1.807, 2.05) is 0 Å². The van der Waals surface area contributed by atoms with Crippen molar-refractivity contribution in [3.05, 3.63) is 27.1 Å². The molecule has 0 radical (unpaired) electrons. The molecule has 1 saturated heterocycles. The predicted molar refractivity (Wildman–Crippen MR) is 64.2 cm³/mol. The fraction of sp³-hybridized carbons (Fsp3) is 0.600. The Balaban J connectivity index is 2.20. The third-order valence-electron chi connectivity index (χ3n) is 2.87. The van der Waals surface area contributed by atoms with Gasteiger partial charge in [-0.25, -0.2) is 8.78 Å². The second-order valence-electron chi connectivity index (χ2n) is 4.00. The van der Waals surface area contributed by atoms with Crippen molar-refractivity contribution >= 4 is 16.3 Å². The third-order valence-corrected chi connectivity index (χ3v) is 3.98. The maximum atomic E-state index is 13.2. The minimum atomic E-state index is -2.54. The van der Waals surface area contributed by atoms with Gasteiger partial charge < -0.3 is 5.32 Å². The van der Waals surface area contributed by atoms with Crippen LogP contribution in [0.5, 0.6) is 0 Å². The van der Waals surface area contributed by atoms with Gasteiger partial charge in [0.15, 0.2) is 0 Å². The highest BCUT2D eigenvalue weighted by Crippen LogP contribution is 2.35. The summed E-state index contributed by atoms with van der Waals surface area (Å²) in [5.74, 6) is 0. The van der Waals surface area contributed by atoms with E-state index in [1.165, 1.54) is 12.1 Å². The fourth-order valence-corrected chi connectivity index (χ4v) is 2.98. The van der Waals surface area contributed by atoms with Gasteiger partial charge in [0.25, 0.3) is 6.43 Å². The van der Waals surface area contributed by atoms with E-state index < -0.39 is 17.4 Å². The van der Waals surface area contributed by atoms with Gasteiger partial charge in [-0.05, 0) is 6.07 Å².